The van der Waals surface area contributed by atoms with Gasteiger partial charge in [0.1, 0.15) is 0 Å². The third-order valence-corrected chi connectivity index (χ3v) is 0.653. The van der Waals surface area contributed by atoms with Crippen molar-refractivity contribution < 1.29 is 24.9 Å². The zero-order chi connectivity index (χ0) is 7.44. The van der Waals surface area contributed by atoms with Crippen molar-refractivity contribution in [3.8, 4) is 0 Å². The molecule has 0 aliphatic carbocycles. The van der Waals surface area contributed by atoms with E-state index in [9.17, 15) is 9.59 Å². The van der Waals surface area contributed by atoms with Crippen molar-refractivity contribution >= 4 is 62.1 Å². The first-order valence-corrected chi connectivity index (χ1v) is 2.16. The van der Waals surface area contributed by atoms with Crippen molar-refractivity contribution in [1.82, 2.24) is 0 Å². The molecular formula is C4H9CaClO5. The molecule has 11 heavy (non-hydrogen) atoms. The molecule has 7 heteroatoms. The van der Waals surface area contributed by atoms with E-state index >= 15 is 0 Å². The van der Waals surface area contributed by atoms with Crippen LogP contribution in [-0.4, -0.2) is 71.1 Å². The van der Waals surface area contributed by atoms with Crippen LogP contribution in [0.15, 0.2) is 0 Å². The van der Waals surface area contributed by atoms with Gasteiger partial charge >= 0.3 is 49.7 Å². The van der Waals surface area contributed by atoms with E-state index < -0.39 is 24.5 Å². The van der Waals surface area contributed by atoms with Crippen LogP contribution < -0.4 is 0 Å². The van der Waals surface area contributed by atoms with Crippen molar-refractivity contribution in [2.24, 2.45) is 0 Å². The Labute approximate surface area is 98.8 Å². The molecule has 0 fully saturated rings. The van der Waals surface area contributed by atoms with Gasteiger partial charge in [0, 0.05) is 0 Å². The van der Waals surface area contributed by atoms with Crippen LogP contribution in [0.25, 0.3) is 0 Å². The zero-order valence-electron chi connectivity index (χ0n) is 4.85. The van der Waals surface area contributed by atoms with Crippen LogP contribution >= 0.6 is 12.4 Å². The zero-order valence-corrected chi connectivity index (χ0v) is 5.67. The van der Waals surface area contributed by atoms with Crippen LogP contribution in [0.1, 0.15) is 6.42 Å². The molecule has 1 unspecified atom stereocenters. The van der Waals surface area contributed by atoms with E-state index in [0.29, 0.717) is 0 Å². The Morgan fingerprint density at radius 3 is 1.73 bits per heavy atom. The van der Waals surface area contributed by atoms with Gasteiger partial charge in [0.25, 0.3) is 0 Å². The Morgan fingerprint density at radius 1 is 1.27 bits per heavy atom. The molecule has 5 nitrogen and oxygen atoms in total. The quantitative estimate of drug-likeness (QED) is 0.491. The topological polar surface area (TPSA) is 94.8 Å². The van der Waals surface area contributed by atoms with Gasteiger partial charge in [-0.15, -0.1) is 12.4 Å². The summed E-state index contributed by atoms with van der Waals surface area (Å²) in [5.41, 5.74) is 0. The van der Waals surface area contributed by atoms with E-state index in [-0.39, 0.29) is 50.1 Å². The molecule has 0 aromatic carbocycles. The first kappa shape index (κ1) is 17.5. The van der Waals surface area contributed by atoms with Crippen LogP contribution in [0.3, 0.4) is 0 Å². The summed E-state index contributed by atoms with van der Waals surface area (Å²) in [4.78, 5) is 19.4. The van der Waals surface area contributed by atoms with Crippen molar-refractivity contribution in [1.29, 1.82) is 0 Å². The second kappa shape index (κ2) is 8.55. The fourth-order valence-corrected chi connectivity index (χ4v) is 0.253. The summed E-state index contributed by atoms with van der Waals surface area (Å²) in [6, 6.07) is 0. The average molecular weight is 213 g/mol. The number of aliphatic hydroxyl groups is 1. The van der Waals surface area contributed by atoms with E-state index in [0.717, 1.165) is 0 Å². The van der Waals surface area contributed by atoms with Crippen LogP contribution in [-0.2, 0) is 9.59 Å². The predicted octanol–water partition coefficient (Wildman–Crippen LogP) is -1.59. The molecular weight excluding hydrogens is 204 g/mol. The number of aliphatic carboxylic acids is 2. The number of carbonyl (C=O) groups is 2. The molecule has 0 saturated carbocycles. The van der Waals surface area contributed by atoms with Gasteiger partial charge in [0.2, 0.25) is 0 Å². The van der Waals surface area contributed by atoms with Gasteiger partial charge in [-0.25, -0.2) is 4.79 Å². The average Bonchev–Trinajstić information content (AvgIpc) is 1.63. The SMILES string of the molecule is Cl.O=C(O)CC(O)C(=O)O.[CaH2]. The van der Waals surface area contributed by atoms with Gasteiger partial charge in [0.15, 0.2) is 6.10 Å². The summed E-state index contributed by atoms with van der Waals surface area (Å²) < 4.78 is 0. The van der Waals surface area contributed by atoms with Gasteiger partial charge < -0.3 is 15.3 Å². The van der Waals surface area contributed by atoms with Gasteiger partial charge in [-0.2, -0.15) is 0 Å². The van der Waals surface area contributed by atoms with Crippen molar-refractivity contribution in [2.45, 2.75) is 12.5 Å². The fourth-order valence-electron chi connectivity index (χ4n) is 0.253. The maximum atomic E-state index is 9.72. The maximum absolute atomic E-state index is 9.72. The van der Waals surface area contributed by atoms with Crippen LogP contribution in [0.2, 0.25) is 0 Å². The molecule has 64 valence electrons. The summed E-state index contributed by atoms with van der Waals surface area (Å²) >= 11 is 0. The van der Waals surface area contributed by atoms with Crippen molar-refractivity contribution in [3.05, 3.63) is 0 Å². The number of halogens is 1. The summed E-state index contributed by atoms with van der Waals surface area (Å²) in [6.45, 7) is 0. The normalized spacial score (nSPS) is 10.3. The van der Waals surface area contributed by atoms with Gasteiger partial charge in [-0.3, -0.25) is 4.79 Å². The first-order valence-electron chi connectivity index (χ1n) is 2.16. The fraction of sp³-hybridized carbons (Fsp3) is 0.500. The molecule has 0 aromatic rings. The minimum atomic E-state index is -1.79. The third kappa shape index (κ3) is 10.4. The number of rotatable bonds is 3. The van der Waals surface area contributed by atoms with Crippen molar-refractivity contribution in [3.63, 3.8) is 0 Å². The molecule has 0 aromatic heterocycles. The summed E-state index contributed by atoms with van der Waals surface area (Å²) in [7, 11) is 0. The molecule has 0 spiro atoms. The standard InChI is InChI=1S/C4H6O5.Ca.ClH.2H/c5-2(4(8)9)1-3(6)7;;;;/h2,5H,1H2,(H,6,7)(H,8,9);;1H;;. The molecule has 3 N–H and O–H groups in total. The summed E-state index contributed by atoms with van der Waals surface area (Å²) in [5.74, 6) is -2.85. The molecule has 0 radical (unpaired) electrons. The molecule has 0 heterocycles. The van der Waals surface area contributed by atoms with E-state index in [1.807, 2.05) is 0 Å². The number of hydrogen-bond donors (Lipinski definition) is 3. The van der Waals surface area contributed by atoms with Gasteiger partial charge in [0.05, 0.1) is 6.42 Å². The number of aliphatic hydroxyl groups excluding tert-OH is 1. The molecule has 0 aliphatic rings. The molecule has 0 bridgehead atoms. The number of carboxylic acids is 2. The summed E-state index contributed by atoms with van der Waals surface area (Å²) in [6.07, 6.45) is -2.54. The minimum absolute atomic E-state index is 0. The third-order valence-electron chi connectivity index (χ3n) is 0.653. The van der Waals surface area contributed by atoms with Crippen molar-refractivity contribution in [2.75, 3.05) is 0 Å². The van der Waals surface area contributed by atoms with Gasteiger partial charge in [-0.05, 0) is 0 Å². The first-order chi connectivity index (χ1) is 4.04. The van der Waals surface area contributed by atoms with E-state index in [1.165, 1.54) is 0 Å². The van der Waals surface area contributed by atoms with Gasteiger partial charge in [-0.1, -0.05) is 0 Å². The number of carboxylic acid groups (broad SMARTS) is 2. The Morgan fingerprint density at radius 2 is 1.64 bits per heavy atom. The monoisotopic (exact) mass is 212 g/mol. The molecule has 0 saturated heterocycles. The Kier molecular flexibility index (Phi) is 13.6. The van der Waals surface area contributed by atoms with E-state index in [2.05, 4.69) is 0 Å². The number of hydrogen-bond acceptors (Lipinski definition) is 3. The second-order valence-corrected chi connectivity index (χ2v) is 1.45. The Hall–Kier alpha value is 0.450. The van der Waals surface area contributed by atoms with E-state index in [1.54, 1.807) is 0 Å². The van der Waals surface area contributed by atoms with Crippen LogP contribution in [0, 0.1) is 0 Å². The Bertz CT molecular complexity index is 138. The van der Waals surface area contributed by atoms with Crippen LogP contribution in [0.4, 0.5) is 0 Å². The predicted molar refractivity (Wildman–Crippen MR) is 41.7 cm³/mol. The molecule has 1 atom stereocenters. The second-order valence-electron chi connectivity index (χ2n) is 1.45. The Balaban J connectivity index is -0.000000320. The molecule has 0 aliphatic heterocycles. The van der Waals surface area contributed by atoms with Crippen LogP contribution in [0.5, 0.6) is 0 Å². The summed E-state index contributed by atoms with van der Waals surface area (Å²) in [5, 5.41) is 24.1. The molecule has 0 amide bonds. The van der Waals surface area contributed by atoms with E-state index in [4.69, 9.17) is 15.3 Å². The molecule has 0 rings (SSSR count).